The minimum atomic E-state index is -0.944. The summed E-state index contributed by atoms with van der Waals surface area (Å²) in [6.07, 6.45) is 4.79. The summed E-state index contributed by atoms with van der Waals surface area (Å²) in [5.74, 6) is -1.39. The number of allylic oxidation sites excluding steroid dienone is 1. The van der Waals surface area contributed by atoms with E-state index in [0.717, 1.165) is 25.8 Å². The fraction of sp³-hybridized carbons (Fsp3) is 0.625. The third-order valence-electron chi connectivity index (χ3n) is 2.94. The number of ether oxygens (including phenoxy) is 1. The van der Waals surface area contributed by atoms with Crippen LogP contribution in [0.2, 0.25) is 0 Å². The van der Waals surface area contributed by atoms with Crippen molar-refractivity contribution < 1.29 is 19.4 Å². The van der Waals surface area contributed by atoms with Gasteiger partial charge < -0.3 is 14.7 Å². The molecule has 0 aromatic rings. The lowest BCUT2D eigenvalue weighted by atomic mass is 10.1. The number of carboxylic acids is 1. The first-order valence-electron chi connectivity index (χ1n) is 7.30. The van der Waals surface area contributed by atoms with Crippen LogP contribution in [0.15, 0.2) is 23.8 Å². The van der Waals surface area contributed by atoms with E-state index in [4.69, 9.17) is 9.84 Å². The van der Waals surface area contributed by atoms with E-state index >= 15 is 0 Å². The highest BCUT2D eigenvalue weighted by molar-refractivity contribution is 5.89. The molecule has 5 heteroatoms. The molecule has 0 saturated heterocycles. The fourth-order valence-electron chi connectivity index (χ4n) is 1.62. The maximum Gasteiger partial charge on any atom is 0.333 e. The SMILES string of the molecule is C=C(CC=C(CCCN(C)C)C(=O)O)C(=O)OCCCC. The highest BCUT2D eigenvalue weighted by Gasteiger charge is 2.10. The van der Waals surface area contributed by atoms with Crippen LogP contribution in [-0.4, -0.2) is 49.2 Å². The number of hydrogen-bond donors (Lipinski definition) is 1. The highest BCUT2D eigenvalue weighted by Crippen LogP contribution is 2.11. The van der Waals surface area contributed by atoms with Gasteiger partial charge in [-0.05, 0) is 46.3 Å². The molecule has 0 atom stereocenters. The maximum absolute atomic E-state index is 11.6. The lowest BCUT2D eigenvalue weighted by Crippen LogP contribution is -2.14. The topological polar surface area (TPSA) is 66.8 Å². The Morgan fingerprint density at radius 1 is 1.29 bits per heavy atom. The molecule has 21 heavy (non-hydrogen) atoms. The number of carboxylic acid groups (broad SMARTS) is 1. The molecule has 0 aromatic heterocycles. The number of carbonyl (C=O) groups is 2. The average molecular weight is 297 g/mol. The number of esters is 1. The first kappa shape index (κ1) is 19.4. The molecule has 0 aliphatic heterocycles. The van der Waals surface area contributed by atoms with Crippen LogP contribution < -0.4 is 0 Å². The van der Waals surface area contributed by atoms with Crippen LogP contribution in [0.25, 0.3) is 0 Å². The maximum atomic E-state index is 11.6. The Morgan fingerprint density at radius 3 is 2.48 bits per heavy atom. The standard InChI is InChI=1S/C16H27NO4/c1-5-6-12-21-16(20)13(2)9-10-14(15(18)19)8-7-11-17(3)4/h10H,2,5-9,11-12H2,1,3-4H3,(H,18,19). The predicted octanol–water partition coefficient (Wildman–Crippen LogP) is 2.63. The van der Waals surface area contributed by atoms with Crippen molar-refractivity contribution in [2.75, 3.05) is 27.2 Å². The van der Waals surface area contributed by atoms with Gasteiger partial charge in [-0.3, -0.25) is 0 Å². The van der Waals surface area contributed by atoms with E-state index in [2.05, 4.69) is 6.58 Å². The molecule has 0 spiro atoms. The van der Waals surface area contributed by atoms with Crippen LogP contribution in [0.4, 0.5) is 0 Å². The molecule has 0 aliphatic rings. The molecule has 1 N–H and O–H groups in total. The van der Waals surface area contributed by atoms with Gasteiger partial charge in [-0.2, -0.15) is 0 Å². The van der Waals surface area contributed by atoms with E-state index in [1.807, 2.05) is 25.9 Å². The second kappa shape index (κ2) is 11.1. The van der Waals surface area contributed by atoms with E-state index in [-0.39, 0.29) is 12.0 Å². The van der Waals surface area contributed by atoms with Crippen molar-refractivity contribution in [3.05, 3.63) is 23.8 Å². The van der Waals surface area contributed by atoms with Crippen molar-refractivity contribution >= 4 is 11.9 Å². The van der Waals surface area contributed by atoms with Gasteiger partial charge in [-0.25, -0.2) is 9.59 Å². The summed E-state index contributed by atoms with van der Waals surface area (Å²) >= 11 is 0. The van der Waals surface area contributed by atoms with Crippen molar-refractivity contribution in [3.63, 3.8) is 0 Å². The van der Waals surface area contributed by atoms with Crippen LogP contribution >= 0.6 is 0 Å². The van der Waals surface area contributed by atoms with Crippen LogP contribution in [0.3, 0.4) is 0 Å². The summed E-state index contributed by atoms with van der Waals surface area (Å²) in [5, 5.41) is 9.14. The van der Waals surface area contributed by atoms with E-state index in [0.29, 0.717) is 18.6 Å². The normalized spacial score (nSPS) is 11.5. The molecule has 0 aromatic carbocycles. The van der Waals surface area contributed by atoms with Crippen molar-refractivity contribution in [2.24, 2.45) is 0 Å². The minimum absolute atomic E-state index is 0.217. The van der Waals surface area contributed by atoms with Crippen molar-refractivity contribution in [1.82, 2.24) is 4.90 Å². The quantitative estimate of drug-likeness (QED) is 0.361. The molecule has 0 fully saturated rings. The lowest BCUT2D eigenvalue weighted by molar-refractivity contribution is -0.139. The van der Waals surface area contributed by atoms with Gasteiger partial charge in [-0.15, -0.1) is 0 Å². The fourth-order valence-corrected chi connectivity index (χ4v) is 1.62. The Labute approximate surface area is 127 Å². The minimum Gasteiger partial charge on any atom is -0.478 e. The Kier molecular flexibility index (Phi) is 10.2. The molecule has 0 bridgehead atoms. The summed E-state index contributed by atoms with van der Waals surface area (Å²) in [4.78, 5) is 24.7. The summed E-state index contributed by atoms with van der Waals surface area (Å²) < 4.78 is 5.03. The highest BCUT2D eigenvalue weighted by atomic mass is 16.5. The number of aliphatic carboxylic acids is 1. The lowest BCUT2D eigenvalue weighted by Gasteiger charge is -2.09. The molecule has 0 rings (SSSR count). The Hall–Kier alpha value is -1.62. The van der Waals surface area contributed by atoms with Crippen LogP contribution in [0.5, 0.6) is 0 Å². The third kappa shape index (κ3) is 9.85. The zero-order chi connectivity index (χ0) is 16.3. The third-order valence-corrected chi connectivity index (χ3v) is 2.94. The van der Waals surface area contributed by atoms with Crippen molar-refractivity contribution in [1.29, 1.82) is 0 Å². The number of carbonyl (C=O) groups excluding carboxylic acids is 1. The second-order valence-electron chi connectivity index (χ2n) is 5.24. The van der Waals surface area contributed by atoms with Gasteiger partial charge in [0.1, 0.15) is 0 Å². The molecule has 0 saturated carbocycles. The Bertz CT molecular complexity index is 386. The Morgan fingerprint density at radius 2 is 1.95 bits per heavy atom. The van der Waals surface area contributed by atoms with Crippen LogP contribution in [0.1, 0.15) is 39.0 Å². The summed E-state index contributed by atoms with van der Waals surface area (Å²) in [6.45, 7) is 6.87. The first-order chi connectivity index (χ1) is 9.88. The van der Waals surface area contributed by atoms with Crippen molar-refractivity contribution in [2.45, 2.75) is 39.0 Å². The number of nitrogens with zero attached hydrogens (tertiary/aromatic N) is 1. The summed E-state index contributed by atoms with van der Waals surface area (Å²) in [6, 6.07) is 0. The van der Waals surface area contributed by atoms with Gasteiger partial charge in [0.05, 0.1) is 6.61 Å². The zero-order valence-corrected chi connectivity index (χ0v) is 13.4. The second-order valence-corrected chi connectivity index (χ2v) is 5.24. The molecule has 0 aliphatic carbocycles. The van der Waals surface area contributed by atoms with Gasteiger partial charge >= 0.3 is 11.9 Å². The molecule has 5 nitrogen and oxygen atoms in total. The molecular weight excluding hydrogens is 270 g/mol. The number of rotatable bonds is 11. The predicted molar refractivity (Wildman–Crippen MR) is 83.1 cm³/mol. The molecular formula is C16H27NO4. The first-order valence-corrected chi connectivity index (χ1v) is 7.30. The van der Waals surface area contributed by atoms with Gasteiger partial charge in [0.15, 0.2) is 0 Å². The molecule has 0 heterocycles. The summed E-state index contributed by atoms with van der Waals surface area (Å²) in [5.41, 5.74) is 0.608. The van der Waals surface area contributed by atoms with Crippen LogP contribution in [-0.2, 0) is 14.3 Å². The van der Waals surface area contributed by atoms with Gasteiger partial charge in [0, 0.05) is 11.1 Å². The van der Waals surface area contributed by atoms with E-state index in [1.54, 1.807) is 6.08 Å². The van der Waals surface area contributed by atoms with Gasteiger partial charge in [0.2, 0.25) is 0 Å². The zero-order valence-electron chi connectivity index (χ0n) is 13.4. The average Bonchev–Trinajstić information content (AvgIpc) is 2.41. The number of unbranched alkanes of at least 4 members (excludes halogenated alkanes) is 1. The monoisotopic (exact) mass is 297 g/mol. The largest absolute Gasteiger partial charge is 0.478 e. The smallest absolute Gasteiger partial charge is 0.333 e. The Balaban J connectivity index is 4.32. The van der Waals surface area contributed by atoms with E-state index in [9.17, 15) is 9.59 Å². The summed E-state index contributed by atoms with van der Waals surface area (Å²) in [7, 11) is 3.89. The van der Waals surface area contributed by atoms with E-state index < -0.39 is 11.9 Å². The van der Waals surface area contributed by atoms with Crippen molar-refractivity contribution in [3.8, 4) is 0 Å². The van der Waals surface area contributed by atoms with Crippen LogP contribution in [0, 0.1) is 0 Å². The molecule has 120 valence electrons. The molecule has 0 radical (unpaired) electrons. The number of hydrogen-bond acceptors (Lipinski definition) is 4. The molecule has 0 unspecified atom stereocenters. The van der Waals surface area contributed by atoms with Gasteiger partial charge in [0.25, 0.3) is 0 Å². The van der Waals surface area contributed by atoms with Gasteiger partial charge in [-0.1, -0.05) is 26.0 Å². The van der Waals surface area contributed by atoms with E-state index in [1.165, 1.54) is 0 Å². The molecule has 0 amide bonds.